The zero-order valence-corrected chi connectivity index (χ0v) is 11.7. The van der Waals surface area contributed by atoms with Crippen LogP contribution in [0.4, 0.5) is 0 Å². The molecule has 0 saturated heterocycles. The Morgan fingerprint density at radius 2 is 2.21 bits per heavy atom. The van der Waals surface area contributed by atoms with Gasteiger partial charge in [0, 0.05) is 25.1 Å². The predicted octanol–water partition coefficient (Wildman–Crippen LogP) is 1.46. The number of nitrogens with zero attached hydrogens (tertiary/aromatic N) is 4. The zero-order chi connectivity index (χ0) is 14.0. The van der Waals surface area contributed by atoms with Crippen molar-refractivity contribution >= 4 is 11.6 Å². The van der Waals surface area contributed by atoms with Gasteiger partial charge in [0.1, 0.15) is 17.6 Å². The fourth-order valence-electron chi connectivity index (χ4n) is 1.85. The van der Waals surface area contributed by atoms with Crippen molar-refractivity contribution in [3.63, 3.8) is 0 Å². The van der Waals surface area contributed by atoms with Crippen molar-refractivity contribution in [1.82, 2.24) is 19.7 Å². The second kappa shape index (κ2) is 5.54. The van der Waals surface area contributed by atoms with Gasteiger partial charge in [0.25, 0.3) is 0 Å². The molecule has 7 heteroatoms. The molecule has 0 fully saturated rings. The number of halogens is 1. The van der Waals surface area contributed by atoms with Crippen molar-refractivity contribution in [3.8, 4) is 5.88 Å². The summed E-state index contributed by atoms with van der Waals surface area (Å²) in [6.45, 7) is 1.86. The molecule has 102 valence electrons. The van der Waals surface area contributed by atoms with Crippen molar-refractivity contribution in [2.45, 2.75) is 19.4 Å². The van der Waals surface area contributed by atoms with E-state index in [4.69, 9.17) is 16.3 Å². The first kappa shape index (κ1) is 13.8. The van der Waals surface area contributed by atoms with Crippen LogP contribution in [0, 0.1) is 6.92 Å². The summed E-state index contributed by atoms with van der Waals surface area (Å²) in [5, 5.41) is 14.9. The lowest BCUT2D eigenvalue weighted by molar-refractivity contribution is 0.172. The molecule has 1 unspecified atom stereocenters. The second-order valence-electron chi connectivity index (χ2n) is 4.18. The van der Waals surface area contributed by atoms with Crippen molar-refractivity contribution < 1.29 is 9.84 Å². The zero-order valence-electron chi connectivity index (χ0n) is 11.0. The SMILES string of the molecule is COc1cc(C(O)Cc2c(C)nn(C)c2Cl)ncn1. The van der Waals surface area contributed by atoms with E-state index in [9.17, 15) is 5.11 Å². The number of hydrogen-bond donors (Lipinski definition) is 1. The molecule has 0 spiro atoms. The molecule has 0 saturated carbocycles. The molecule has 0 aliphatic heterocycles. The normalized spacial score (nSPS) is 12.5. The summed E-state index contributed by atoms with van der Waals surface area (Å²) in [7, 11) is 3.28. The third-order valence-electron chi connectivity index (χ3n) is 2.88. The van der Waals surface area contributed by atoms with Crippen LogP contribution in [0.2, 0.25) is 5.15 Å². The fourth-order valence-corrected chi connectivity index (χ4v) is 2.10. The monoisotopic (exact) mass is 282 g/mol. The van der Waals surface area contributed by atoms with E-state index in [-0.39, 0.29) is 0 Å². The van der Waals surface area contributed by atoms with Crippen LogP contribution < -0.4 is 4.74 Å². The molecule has 0 aliphatic rings. The number of methoxy groups -OCH3 is 1. The van der Waals surface area contributed by atoms with Gasteiger partial charge in [-0.15, -0.1) is 0 Å². The summed E-state index contributed by atoms with van der Waals surface area (Å²) in [4.78, 5) is 7.94. The van der Waals surface area contributed by atoms with Crippen molar-refractivity contribution in [2.24, 2.45) is 7.05 Å². The minimum absolute atomic E-state index is 0.346. The quantitative estimate of drug-likeness (QED) is 0.919. The van der Waals surface area contributed by atoms with Crippen LogP contribution >= 0.6 is 11.6 Å². The van der Waals surface area contributed by atoms with Crippen LogP contribution in [0.15, 0.2) is 12.4 Å². The van der Waals surface area contributed by atoms with Crippen molar-refractivity contribution in [3.05, 3.63) is 34.5 Å². The third-order valence-corrected chi connectivity index (χ3v) is 3.35. The molecule has 0 aliphatic carbocycles. The first-order chi connectivity index (χ1) is 9.02. The van der Waals surface area contributed by atoms with Crippen LogP contribution in [0.3, 0.4) is 0 Å². The number of ether oxygens (including phenoxy) is 1. The molecule has 0 bridgehead atoms. The number of aliphatic hydroxyl groups excluding tert-OH is 1. The third kappa shape index (κ3) is 2.85. The Balaban J connectivity index is 2.22. The molecule has 1 atom stereocenters. The summed E-state index contributed by atoms with van der Waals surface area (Å²) in [6, 6.07) is 1.60. The van der Waals surface area contributed by atoms with Gasteiger partial charge in [-0.25, -0.2) is 9.97 Å². The number of aryl methyl sites for hydroxylation is 2. The van der Waals surface area contributed by atoms with Gasteiger partial charge in [-0.2, -0.15) is 5.10 Å². The first-order valence-corrected chi connectivity index (χ1v) is 6.12. The molecule has 2 rings (SSSR count). The Labute approximate surface area is 116 Å². The van der Waals surface area contributed by atoms with Crippen LogP contribution in [0.5, 0.6) is 5.88 Å². The maximum atomic E-state index is 10.2. The molecule has 19 heavy (non-hydrogen) atoms. The molecule has 0 radical (unpaired) electrons. The molecule has 2 aromatic heterocycles. The molecule has 6 nitrogen and oxygen atoms in total. The lowest BCUT2D eigenvalue weighted by Crippen LogP contribution is -2.06. The number of aromatic nitrogens is 4. The maximum absolute atomic E-state index is 10.2. The Bertz CT molecular complexity index is 585. The fraction of sp³-hybridized carbons (Fsp3) is 0.417. The number of aliphatic hydroxyl groups is 1. The number of rotatable bonds is 4. The highest BCUT2D eigenvalue weighted by Gasteiger charge is 2.18. The van der Waals surface area contributed by atoms with Crippen molar-refractivity contribution in [1.29, 1.82) is 0 Å². The minimum Gasteiger partial charge on any atom is -0.481 e. The topological polar surface area (TPSA) is 73.1 Å². The highest BCUT2D eigenvalue weighted by atomic mass is 35.5. The van der Waals surface area contributed by atoms with E-state index in [0.717, 1.165) is 11.3 Å². The summed E-state index contributed by atoms with van der Waals surface area (Å²) in [5.41, 5.74) is 2.10. The van der Waals surface area contributed by atoms with Crippen LogP contribution in [0.1, 0.15) is 23.1 Å². The smallest absolute Gasteiger partial charge is 0.216 e. The van der Waals surface area contributed by atoms with Crippen molar-refractivity contribution in [2.75, 3.05) is 7.11 Å². The largest absolute Gasteiger partial charge is 0.481 e. The Hall–Kier alpha value is -1.66. The second-order valence-corrected chi connectivity index (χ2v) is 4.54. The molecule has 0 aromatic carbocycles. The first-order valence-electron chi connectivity index (χ1n) is 5.75. The lowest BCUT2D eigenvalue weighted by Gasteiger charge is -2.10. The van der Waals surface area contributed by atoms with Gasteiger partial charge in [0.05, 0.1) is 18.5 Å². The summed E-state index contributed by atoms with van der Waals surface area (Å²) >= 11 is 6.14. The highest BCUT2D eigenvalue weighted by Crippen LogP contribution is 2.25. The summed E-state index contributed by atoms with van der Waals surface area (Å²) in [5.74, 6) is 0.415. The Morgan fingerprint density at radius 3 is 2.79 bits per heavy atom. The van der Waals surface area contributed by atoms with E-state index in [2.05, 4.69) is 15.1 Å². The molecule has 2 aromatic rings. The molecule has 2 heterocycles. The van der Waals surface area contributed by atoms with Gasteiger partial charge in [-0.1, -0.05) is 11.6 Å². The van der Waals surface area contributed by atoms with Gasteiger partial charge >= 0.3 is 0 Å². The Morgan fingerprint density at radius 1 is 1.47 bits per heavy atom. The van der Waals surface area contributed by atoms with Crippen LogP contribution in [-0.4, -0.2) is 32.0 Å². The van der Waals surface area contributed by atoms with Gasteiger partial charge in [-0.05, 0) is 6.92 Å². The van der Waals surface area contributed by atoms with E-state index in [1.807, 2.05) is 6.92 Å². The average Bonchev–Trinajstić information content (AvgIpc) is 2.65. The summed E-state index contributed by atoms with van der Waals surface area (Å²) < 4.78 is 6.58. The molecular formula is C12H15ClN4O2. The molecule has 1 N–H and O–H groups in total. The highest BCUT2D eigenvalue weighted by molar-refractivity contribution is 6.30. The predicted molar refractivity (Wildman–Crippen MR) is 70.2 cm³/mol. The average molecular weight is 283 g/mol. The standard InChI is InChI=1S/C12H15ClN4O2/c1-7-8(12(13)17(2)16-7)4-10(18)9-5-11(19-3)15-6-14-9/h5-6,10,18H,4H2,1-3H3. The molecule has 0 amide bonds. The molecular weight excluding hydrogens is 268 g/mol. The Kier molecular flexibility index (Phi) is 4.01. The van der Waals surface area contributed by atoms with E-state index in [0.29, 0.717) is 23.1 Å². The van der Waals surface area contributed by atoms with E-state index >= 15 is 0 Å². The van der Waals surface area contributed by atoms with Gasteiger partial charge < -0.3 is 9.84 Å². The minimum atomic E-state index is -0.780. The lowest BCUT2D eigenvalue weighted by atomic mass is 10.1. The summed E-state index contributed by atoms with van der Waals surface area (Å²) in [6.07, 6.45) is 0.922. The van der Waals surface area contributed by atoms with E-state index < -0.39 is 6.10 Å². The van der Waals surface area contributed by atoms with Gasteiger partial charge in [0.2, 0.25) is 5.88 Å². The van der Waals surface area contributed by atoms with Gasteiger partial charge in [-0.3, -0.25) is 4.68 Å². The van der Waals surface area contributed by atoms with E-state index in [1.54, 1.807) is 17.8 Å². The van der Waals surface area contributed by atoms with Crippen LogP contribution in [-0.2, 0) is 13.5 Å². The van der Waals surface area contributed by atoms with E-state index in [1.165, 1.54) is 13.4 Å². The van der Waals surface area contributed by atoms with Crippen LogP contribution in [0.25, 0.3) is 0 Å². The maximum Gasteiger partial charge on any atom is 0.216 e. The number of hydrogen-bond acceptors (Lipinski definition) is 5. The van der Waals surface area contributed by atoms with Gasteiger partial charge in [0.15, 0.2) is 0 Å².